The topological polar surface area (TPSA) is 91.4 Å². The predicted octanol–water partition coefficient (Wildman–Crippen LogP) is 0.752. The van der Waals surface area contributed by atoms with Gasteiger partial charge in [0, 0.05) is 24.6 Å². The molecular weight excluding hydrogens is 337 g/mol. The Morgan fingerprint density at radius 3 is 2.72 bits per heavy atom. The number of fused-ring (bicyclic) bond motifs is 1. The Kier molecular flexibility index (Phi) is 3.51. The van der Waals surface area contributed by atoms with Crippen molar-refractivity contribution in [2.45, 2.75) is 23.8 Å². The Hall–Kier alpha value is -2.86. The van der Waals surface area contributed by atoms with Crippen LogP contribution in [0.15, 0.2) is 47.8 Å². The molecule has 4 rings (SSSR count). The quantitative estimate of drug-likeness (QED) is 0.649. The molecule has 1 aliphatic carbocycles. The van der Waals surface area contributed by atoms with E-state index in [0.717, 1.165) is 12.8 Å². The second-order valence-corrected chi connectivity index (χ2v) is 7.66. The van der Waals surface area contributed by atoms with E-state index >= 15 is 0 Å². The lowest BCUT2D eigenvalue weighted by Crippen LogP contribution is -2.34. The molecule has 0 atom stereocenters. The number of hydrogen-bond donors (Lipinski definition) is 0. The lowest BCUT2D eigenvalue weighted by atomic mass is 9.99. The highest BCUT2D eigenvalue weighted by Gasteiger charge is 2.39. The summed E-state index contributed by atoms with van der Waals surface area (Å²) in [4.78, 5) is 4.28. The van der Waals surface area contributed by atoms with Crippen LogP contribution < -0.4 is 9.77 Å². The SMILES string of the molecule is [B]c1cnn2ccc(S(=O)(=O)N(c3ccc(C#N)cn3)C3CC3)cc12. The number of hydrogen-bond acceptors (Lipinski definition) is 5. The fraction of sp³-hybridized carbons (Fsp3) is 0.188. The highest BCUT2D eigenvalue weighted by Crippen LogP contribution is 2.35. The van der Waals surface area contributed by atoms with Gasteiger partial charge in [0.2, 0.25) is 0 Å². The summed E-state index contributed by atoms with van der Waals surface area (Å²) < 4.78 is 29.2. The number of pyridine rings is 2. The molecule has 25 heavy (non-hydrogen) atoms. The maximum Gasteiger partial charge on any atom is 0.265 e. The average molecular weight is 349 g/mol. The zero-order chi connectivity index (χ0) is 17.6. The van der Waals surface area contributed by atoms with Crippen molar-refractivity contribution in [1.82, 2.24) is 14.6 Å². The van der Waals surface area contributed by atoms with Gasteiger partial charge in [-0.15, -0.1) is 0 Å². The number of nitriles is 1. The molecule has 1 aliphatic rings. The van der Waals surface area contributed by atoms with E-state index in [1.54, 1.807) is 18.3 Å². The molecule has 2 radical (unpaired) electrons. The largest absolute Gasteiger partial charge is 0.265 e. The molecule has 0 aliphatic heterocycles. The molecule has 0 unspecified atom stereocenters. The smallest absolute Gasteiger partial charge is 0.247 e. The van der Waals surface area contributed by atoms with Gasteiger partial charge in [0.1, 0.15) is 19.7 Å². The van der Waals surface area contributed by atoms with Gasteiger partial charge in [-0.25, -0.2) is 22.2 Å². The molecule has 3 aromatic rings. The zero-order valence-corrected chi connectivity index (χ0v) is 13.9. The Morgan fingerprint density at radius 1 is 1.28 bits per heavy atom. The van der Waals surface area contributed by atoms with Crippen LogP contribution in [0.2, 0.25) is 0 Å². The highest BCUT2D eigenvalue weighted by molar-refractivity contribution is 7.92. The fourth-order valence-electron chi connectivity index (χ4n) is 2.65. The lowest BCUT2D eigenvalue weighted by molar-refractivity contribution is 0.589. The van der Waals surface area contributed by atoms with Gasteiger partial charge in [0.25, 0.3) is 10.0 Å². The van der Waals surface area contributed by atoms with Gasteiger partial charge in [0.15, 0.2) is 0 Å². The van der Waals surface area contributed by atoms with Crippen LogP contribution in [-0.4, -0.2) is 36.9 Å². The third-order valence-electron chi connectivity index (χ3n) is 4.06. The van der Waals surface area contributed by atoms with Gasteiger partial charge in [-0.3, -0.25) is 0 Å². The van der Waals surface area contributed by atoms with E-state index in [1.807, 2.05) is 6.07 Å². The van der Waals surface area contributed by atoms with Gasteiger partial charge in [-0.2, -0.15) is 10.4 Å². The fourth-order valence-corrected chi connectivity index (χ4v) is 4.33. The molecule has 0 N–H and O–H groups in total. The van der Waals surface area contributed by atoms with E-state index in [0.29, 0.717) is 22.4 Å². The molecule has 3 heterocycles. The molecule has 1 fully saturated rings. The highest BCUT2D eigenvalue weighted by atomic mass is 32.2. The minimum absolute atomic E-state index is 0.121. The van der Waals surface area contributed by atoms with E-state index in [2.05, 4.69) is 10.1 Å². The summed E-state index contributed by atoms with van der Waals surface area (Å²) in [5.41, 5.74) is 1.32. The number of anilines is 1. The van der Waals surface area contributed by atoms with E-state index in [9.17, 15) is 8.42 Å². The van der Waals surface area contributed by atoms with Crippen molar-refractivity contribution in [2.75, 3.05) is 4.31 Å². The first-order valence-corrected chi connectivity index (χ1v) is 9.08. The van der Waals surface area contributed by atoms with Crippen LogP contribution in [0.3, 0.4) is 0 Å². The second-order valence-electron chi connectivity index (χ2n) is 5.84. The summed E-state index contributed by atoms with van der Waals surface area (Å²) in [6.07, 6.45) is 5.97. The van der Waals surface area contributed by atoms with Crippen molar-refractivity contribution >= 4 is 34.7 Å². The molecule has 3 aromatic heterocycles. The Balaban J connectivity index is 1.81. The maximum absolute atomic E-state index is 13.2. The number of aromatic nitrogens is 3. The molecule has 0 bridgehead atoms. The van der Waals surface area contributed by atoms with Crippen LogP contribution in [0.5, 0.6) is 0 Å². The summed E-state index contributed by atoms with van der Waals surface area (Å²) in [5, 5.41) is 12.9. The van der Waals surface area contributed by atoms with Crippen molar-refractivity contribution in [2.24, 2.45) is 0 Å². The Bertz CT molecular complexity index is 1100. The van der Waals surface area contributed by atoms with E-state index in [1.165, 1.54) is 33.3 Å². The lowest BCUT2D eigenvalue weighted by Gasteiger charge is -2.23. The predicted molar refractivity (Wildman–Crippen MR) is 92.2 cm³/mol. The molecule has 0 amide bonds. The standard InChI is InChI=1S/C16H12BN5O2S/c17-14-10-20-21-6-5-13(7-15(14)21)25(23,24)22(12-2-3-12)16-4-1-11(8-18)9-19-16/h1,4-7,9-10,12H,2-3H2. The van der Waals surface area contributed by atoms with Crippen LogP contribution in [0, 0.1) is 11.3 Å². The normalized spacial score (nSPS) is 14.4. The number of nitrogens with zero attached hydrogens (tertiary/aromatic N) is 5. The summed E-state index contributed by atoms with van der Waals surface area (Å²) in [6.45, 7) is 0. The molecule has 0 saturated heterocycles. The van der Waals surface area contributed by atoms with Crippen LogP contribution in [-0.2, 0) is 10.0 Å². The zero-order valence-electron chi connectivity index (χ0n) is 13.1. The summed E-state index contributed by atoms with van der Waals surface area (Å²) in [7, 11) is 2.04. The average Bonchev–Trinajstić information content (AvgIpc) is 3.38. The Labute approximate surface area is 146 Å². The van der Waals surface area contributed by atoms with Crippen LogP contribution in [0.25, 0.3) is 5.52 Å². The van der Waals surface area contributed by atoms with Gasteiger partial charge >= 0.3 is 0 Å². The molecule has 7 nitrogen and oxygen atoms in total. The van der Waals surface area contributed by atoms with Crippen LogP contribution >= 0.6 is 0 Å². The number of sulfonamides is 1. The third-order valence-corrected chi connectivity index (χ3v) is 5.91. The van der Waals surface area contributed by atoms with E-state index < -0.39 is 10.0 Å². The first kappa shape index (κ1) is 15.7. The molecule has 0 spiro atoms. The van der Waals surface area contributed by atoms with Crippen LogP contribution in [0.1, 0.15) is 18.4 Å². The second kappa shape index (κ2) is 5.60. The van der Waals surface area contributed by atoms with E-state index in [4.69, 9.17) is 13.1 Å². The molecule has 9 heteroatoms. The first-order chi connectivity index (χ1) is 12.0. The first-order valence-electron chi connectivity index (χ1n) is 7.64. The van der Waals surface area contributed by atoms with Gasteiger partial charge in [-0.05, 0) is 37.1 Å². The molecule has 1 saturated carbocycles. The van der Waals surface area contributed by atoms with Crippen molar-refractivity contribution in [1.29, 1.82) is 5.26 Å². The van der Waals surface area contributed by atoms with Crippen molar-refractivity contribution in [3.8, 4) is 6.07 Å². The van der Waals surface area contributed by atoms with E-state index in [-0.39, 0.29) is 10.9 Å². The number of rotatable bonds is 4. The minimum atomic E-state index is -3.81. The summed E-state index contributed by atoms with van der Waals surface area (Å²) in [5.74, 6) is 0.308. The van der Waals surface area contributed by atoms with Crippen molar-refractivity contribution in [3.05, 3.63) is 48.4 Å². The maximum atomic E-state index is 13.2. The van der Waals surface area contributed by atoms with Crippen molar-refractivity contribution in [3.63, 3.8) is 0 Å². The third kappa shape index (κ3) is 2.64. The molecule has 0 aromatic carbocycles. The van der Waals surface area contributed by atoms with Crippen LogP contribution in [0.4, 0.5) is 5.82 Å². The summed E-state index contributed by atoms with van der Waals surface area (Å²) in [6, 6.07) is 7.98. The molecular formula is C16H12BN5O2S. The van der Waals surface area contributed by atoms with Crippen molar-refractivity contribution < 1.29 is 8.42 Å². The summed E-state index contributed by atoms with van der Waals surface area (Å²) >= 11 is 0. The van der Waals surface area contributed by atoms with Gasteiger partial charge in [-0.1, -0.05) is 5.46 Å². The molecule has 122 valence electrons. The minimum Gasteiger partial charge on any atom is -0.247 e. The monoisotopic (exact) mass is 349 g/mol. The van der Waals surface area contributed by atoms with Gasteiger partial charge in [0.05, 0.1) is 16.0 Å². The Morgan fingerprint density at radius 2 is 2.08 bits per heavy atom. The van der Waals surface area contributed by atoms with Gasteiger partial charge < -0.3 is 0 Å².